The maximum atomic E-state index is 12.8. The second kappa shape index (κ2) is 8.64. The van der Waals surface area contributed by atoms with E-state index in [0.29, 0.717) is 17.9 Å². The van der Waals surface area contributed by atoms with Crippen LogP contribution in [0.2, 0.25) is 0 Å². The van der Waals surface area contributed by atoms with E-state index in [1.807, 2.05) is 21.7 Å². The number of β-lactam (4-membered cyclic amide) rings is 1. The van der Waals surface area contributed by atoms with Gasteiger partial charge in [-0.3, -0.25) is 14.5 Å². The molecule has 0 spiro atoms. The highest BCUT2D eigenvalue weighted by Crippen LogP contribution is 2.40. The standard InChI is InChI=1S/C17H16N6O5S3/c1-28-21-10(9-6-31-17(18)19-9)13(24)20-11-14(25)23-12(16(26)27)8(5-30-15(11)23)4-22-2-3-29-7-22/h2-3,6-7,11,15H,4-5H2,1H3,(H3-,18,19,20,24,26,27)/p+1/t11-,15+/m1/s1. The Bertz CT molecular complexity index is 1100. The van der Waals surface area contributed by atoms with Gasteiger partial charge in [-0.25, -0.2) is 9.78 Å². The summed E-state index contributed by atoms with van der Waals surface area (Å²) in [6.07, 6.45) is 1.84. The van der Waals surface area contributed by atoms with Gasteiger partial charge in [-0.1, -0.05) is 16.5 Å². The van der Waals surface area contributed by atoms with Crippen LogP contribution in [0.25, 0.3) is 0 Å². The SMILES string of the molecule is CON=C(C(=O)N[C@@H]1C(=O)N2C(C(=O)O)=C(C[n+]3ccsc3)CS[C@@H]12)c1csc(N)n1. The third-order valence-corrected chi connectivity index (χ3v) is 7.28. The molecule has 2 aliphatic heterocycles. The van der Waals surface area contributed by atoms with E-state index in [1.165, 1.54) is 35.1 Å². The number of thioether (sulfide) groups is 1. The van der Waals surface area contributed by atoms with Crippen LogP contribution in [0.1, 0.15) is 5.69 Å². The van der Waals surface area contributed by atoms with E-state index in [2.05, 4.69) is 15.5 Å². The molecule has 0 aromatic carbocycles. The third-order valence-electron chi connectivity index (χ3n) is 4.60. The lowest BCUT2D eigenvalue weighted by Gasteiger charge is -2.49. The van der Waals surface area contributed by atoms with E-state index in [4.69, 9.17) is 10.6 Å². The van der Waals surface area contributed by atoms with Crippen molar-refractivity contribution in [1.82, 2.24) is 15.2 Å². The van der Waals surface area contributed by atoms with E-state index < -0.39 is 29.2 Å². The average molecular weight is 482 g/mol. The summed E-state index contributed by atoms with van der Waals surface area (Å²) in [7, 11) is 1.28. The third kappa shape index (κ3) is 4.00. The zero-order valence-electron chi connectivity index (χ0n) is 16.0. The normalized spacial score (nSPS) is 20.9. The van der Waals surface area contributed by atoms with Crippen molar-refractivity contribution < 1.29 is 28.9 Å². The van der Waals surface area contributed by atoms with Gasteiger partial charge in [-0.15, -0.1) is 23.1 Å². The Labute approximate surface area is 188 Å². The number of hydrogen-bond acceptors (Lipinski definition) is 10. The number of fused-ring (bicyclic) bond motifs is 1. The summed E-state index contributed by atoms with van der Waals surface area (Å²) in [4.78, 5) is 47.5. The number of amides is 2. The van der Waals surface area contributed by atoms with Crippen LogP contribution in [-0.2, 0) is 25.8 Å². The van der Waals surface area contributed by atoms with Crippen molar-refractivity contribution in [3.05, 3.63) is 39.4 Å². The molecule has 0 saturated carbocycles. The molecule has 162 valence electrons. The fourth-order valence-electron chi connectivity index (χ4n) is 3.28. The topological polar surface area (TPSA) is 151 Å². The van der Waals surface area contributed by atoms with Crippen molar-refractivity contribution in [2.24, 2.45) is 5.16 Å². The van der Waals surface area contributed by atoms with E-state index in [-0.39, 0.29) is 22.2 Å². The minimum atomic E-state index is -1.17. The molecule has 2 aromatic rings. The maximum absolute atomic E-state index is 12.8. The number of nitrogens with one attached hydrogen (secondary N) is 1. The number of nitrogens with two attached hydrogens (primary N) is 1. The van der Waals surface area contributed by atoms with Gasteiger partial charge in [0.05, 0.1) is 5.38 Å². The number of thiazole rings is 2. The molecular weight excluding hydrogens is 464 g/mol. The van der Waals surface area contributed by atoms with Gasteiger partial charge in [0.1, 0.15) is 29.9 Å². The molecule has 1 saturated heterocycles. The molecule has 4 N–H and O–H groups in total. The monoisotopic (exact) mass is 481 g/mol. The first kappa shape index (κ1) is 21.3. The Hall–Kier alpha value is -2.97. The van der Waals surface area contributed by atoms with Crippen LogP contribution in [0.3, 0.4) is 0 Å². The Kier molecular flexibility index (Phi) is 5.93. The number of aliphatic carboxylic acids is 1. The highest BCUT2D eigenvalue weighted by molar-refractivity contribution is 8.00. The molecule has 0 radical (unpaired) electrons. The van der Waals surface area contributed by atoms with Gasteiger partial charge in [-0.05, 0) is 0 Å². The summed E-state index contributed by atoms with van der Waals surface area (Å²) in [6.45, 7) is 0.377. The first-order chi connectivity index (χ1) is 14.9. The number of nitrogen functional groups attached to an aromatic ring is 1. The van der Waals surface area contributed by atoms with E-state index >= 15 is 0 Å². The van der Waals surface area contributed by atoms with Gasteiger partial charge in [0, 0.05) is 16.7 Å². The van der Waals surface area contributed by atoms with Crippen molar-refractivity contribution in [3.8, 4) is 0 Å². The first-order valence-electron chi connectivity index (χ1n) is 8.85. The predicted molar refractivity (Wildman–Crippen MR) is 114 cm³/mol. The zero-order valence-corrected chi connectivity index (χ0v) is 18.5. The average Bonchev–Trinajstić information content (AvgIpc) is 3.41. The quantitative estimate of drug-likeness (QED) is 0.214. The number of aromatic nitrogens is 2. The lowest BCUT2D eigenvalue weighted by Crippen LogP contribution is -2.71. The maximum Gasteiger partial charge on any atom is 0.352 e. The van der Waals surface area contributed by atoms with Crippen LogP contribution in [0.4, 0.5) is 5.13 Å². The molecule has 0 unspecified atom stereocenters. The van der Waals surface area contributed by atoms with E-state index in [0.717, 1.165) is 11.3 Å². The van der Waals surface area contributed by atoms with Crippen LogP contribution >= 0.6 is 34.4 Å². The summed E-state index contributed by atoms with van der Waals surface area (Å²) in [5.41, 5.74) is 8.20. The van der Waals surface area contributed by atoms with Crippen molar-refractivity contribution in [1.29, 1.82) is 0 Å². The molecule has 2 atom stereocenters. The summed E-state index contributed by atoms with van der Waals surface area (Å²) in [5, 5.41) is 19.2. The molecule has 1 fully saturated rings. The largest absolute Gasteiger partial charge is 0.477 e. The zero-order chi connectivity index (χ0) is 22.1. The first-order valence-corrected chi connectivity index (χ1v) is 11.7. The van der Waals surface area contributed by atoms with Gasteiger partial charge in [0.15, 0.2) is 23.6 Å². The summed E-state index contributed by atoms with van der Waals surface area (Å²) >= 11 is 4.03. The van der Waals surface area contributed by atoms with Crippen molar-refractivity contribution in [2.75, 3.05) is 18.6 Å². The number of rotatable bonds is 7. The second-order valence-electron chi connectivity index (χ2n) is 6.51. The number of carboxylic acids is 1. The Morgan fingerprint density at radius 1 is 1.52 bits per heavy atom. The van der Waals surface area contributed by atoms with Gasteiger partial charge in [-0.2, -0.15) is 4.57 Å². The molecule has 0 aliphatic carbocycles. The molecule has 31 heavy (non-hydrogen) atoms. The number of carboxylic acid groups (broad SMARTS) is 1. The predicted octanol–water partition coefficient (Wildman–Crippen LogP) is -0.136. The molecule has 11 nitrogen and oxygen atoms in total. The number of anilines is 1. The number of oxime groups is 1. The summed E-state index contributed by atoms with van der Waals surface area (Å²) in [6, 6.07) is -0.889. The second-order valence-corrected chi connectivity index (χ2v) is 9.26. The fourth-order valence-corrected chi connectivity index (χ4v) is 5.76. The number of carbonyl (C=O) groups excluding carboxylic acids is 2. The number of nitrogens with zero attached hydrogens (tertiary/aromatic N) is 4. The minimum Gasteiger partial charge on any atom is -0.477 e. The summed E-state index contributed by atoms with van der Waals surface area (Å²) < 4.78 is 1.86. The van der Waals surface area contributed by atoms with Crippen LogP contribution in [0, 0.1) is 0 Å². The molecule has 14 heteroatoms. The molecular formula is C17H17N6O5S3+. The van der Waals surface area contributed by atoms with Gasteiger partial charge in [0.2, 0.25) is 5.51 Å². The molecule has 2 amide bonds. The van der Waals surface area contributed by atoms with Crippen LogP contribution in [0.5, 0.6) is 0 Å². The molecule has 2 aromatic heterocycles. The van der Waals surface area contributed by atoms with E-state index in [9.17, 15) is 19.5 Å². The lowest BCUT2D eigenvalue weighted by molar-refractivity contribution is -0.684. The highest BCUT2D eigenvalue weighted by Gasteiger charge is 2.54. The van der Waals surface area contributed by atoms with Crippen LogP contribution in [-0.4, -0.2) is 62.8 Å². The van der Waals surface area contributed by atoms with Crippen LogP contribution < -0.4 is 15.6 Å². The molecule has 4 heterocycles. The minimum absolute atomic E-state index is 0.0315. The van der Waals surface area contributed by atoms with Gasteiger partial charge >= 0.3 is 5.97 Å². The Morgan fingerprint density at radius 2 is 2.32 bits per heavy atom. The summed E-state index contributed by atoms with van der Waals surface area (Å²) in [5.74, 6) is -1.90. The van der Waals surface area contributed by atoms with Crippen molar-refractivity contribution in [3.63, 3.8) is 0 Å². The Morgan fingerprint density at radius 3 is 2.94 bits per heavy atom. The molecule has 4 rings (SSSR count). The fraction of sp³-hybridized carbons (Fsp3) is 0.294. The molecule has 0 bridgehead atoms. The van der Waals surface area contributed by atoms with Crippen molar-refractivity contribution >= 4 is 63.1 Å². The van der Waals surface area contributed by atoms with Gasteiger partial charge in [0.25, 0.3) is 11.8 Å². The number of carbonyl (C=O) groups is 3. The number of hydrogen-bond donors (Lipinski definition) is 3. The van der Waals surface area contributed by atoms with E-state index in [1.54, 1.807) is 5.38 Å². The van der Waals surface area contributed by atoms with Crippen LogP contribution in [0.15, 0.2) is 38.9 Å². The molecule has 2 aliphatic rings. The van der Waals surface area contributed by atoms with Gasteiger partial charge < -0.3 is 21.0 Å². The smallest absolute Gasteiger partial charge is 0.352 e. The lowest BCUT2D eigenvalue weighted by atomic mass is 10.0. The Balaban J connectivity index is 1.53. The van der Waals surface area contributed by atoms with Crippen molar-refractivity contribution in [2.45, 2.75) is 18.0 Å². The highest BCUT2D eigenvalue weighted by atomic mass is 32.2.